The average molecular weight is 489 g/mol. The van der Waals surface area contributed by atoms with E-state index in [4.69, 9.17) is 4.84 Å². The van der Waals surface area contributed by atoms with Crippen molar-refractivity contribution >= 4 is 56.8 Å². The van der Waals surface area contributed by atoms with Crippen LogP contribution in [0.2, 0.25) is 0 Å². The van der Waals surface area contributed by atoms with Crippen LogP contribution in [0.1, 0.15) is 32.7 Å². The van der Waals surface area contributed by atoms with Gasteiger partial charge in [-0.05, 0) is 44.4 Å². The highest BCUT2D eigenvalue weighted by Crippen LogP contribution is 2.33. The SMILES string of the molecule is CCN1C(C)=CS/C1=C\C=c1s/c(=C/c2sc3ccccc3[n+]2OC(C)O)n(CC)c1=O. The topological polar surface area (TPSA) is 58.6 Å². The van der Waals surface area contributed by atoms with Gasteiger partial charge in [0.25, 0.3) is 17.4 Å². The van der Waals surface area contributed by atoms with Crippen LogP contribution in [0.25, 0.3) is 22.4 Å². The number of para-hydroxylation sites is 1. The number of thiazole rings is 2. The van der Waals surface area contributed by atoms with E-state index in [-0.39, 0.29) is 5.56 Å². The molecule has 1 unspecified atom stereocenters. The van der Waals surface area contributed by atoms with Crippen LogP contribution in [0.15, 0.2) is 51.3 Å². The molecular weight excluding hydrogens is 462 g/mol. The van der Waals surface area contributed by atoms with Crippen LogP contribution >= 0.6 is 34.4 Å². The van der Waals surface area contributed by atoms with Crippen molar-refractivity contribution in [3.8, 4) is 0 Å². The molecule has 1 N–H and O–H groups in total. The van der Waals surface area contributed by atoms with Crippen LogP contribution in [0.5, 0.6) is 0 Å². The van der Waals surface area contributed by atoms with Crippen molar-refractivity contribution in [2.24, 2.45) is 0 Å². The summed E-state index contributed by atoms with van der Waals surface area (Å²) in [5, 5.41) is 13.9. The van der Waals surface area contributed by atoms with Crippen molar-refractivity contribution in [1.29, 1.82) is 0 Å². The Labute approximate surface area is 198 Å². The fourth-order valence-electron chi connectivity index (χ4n) is 3.52. The van der Waals surface area contributed by atoms with Gasteiger partial charge in [-0.25, -0.2) is 4.84 Å². The first kappa shape index (κ1) is 22.8. The number of rotatable bonds is 6. The molecular formula is C23H26N3O3S3+. The van der Waals surface area contributed by atoms with Gasteiger partial charge in [0, 0.05) is 36.5 Å². The van der Waals surface area contributed by atoms with E-state index in [9.17, 15) is 9.90 Å². The Balaban J connectivity index is 1.83. The van der Waals surface area contributed by atoms with Crippen molar-refractivity contribution in [2.45, 2.75) is 40.5 Å². The Hall–Kier alpha value is -2.33. The molecule has 0 bridgehead atoms. The average Bonchev–Trinajstić information content (AvgIpc) is 3.40. The normalized spacial score (nSPS) is 17.6. The highest BCUT2D eigenvalue weighted by Gasteiger charge is 2.23. The molecule has 32 heavy (non-hydrogen) atoms. The Bertz CT molecular complexity index is 1380. The molecule has 6 nitrogen and oxygen atoms in total. The van der Waals surface area contributed by atoms with E-state index in [1.165, 1.54) is 17.0 Å². The summed E-state index contributed by atoms with van der Waals surface area (Å²) in [5.41, 5.74) is 2.10. The van der Waals surface area contributed by atoms with Gasteiger partial charge < -0.3 is 10.0 Å². The fourth-order valence-corrected chi connectivity index (χ4v) is 6.64. The molecule has 1 atom stereocenters. The molecule has 0 radical (unpaired) electrons. The van der Waals surface area contributed by atoms with Crippen molar-refractivity contribution in [1.82, 2.24) is 9.47 Å². The Morgan fingerprint density at radius 3 is 2.69 bits per heavy atom. The number of hydrogen-bond donors (Lipinski definition) is 1. The molecule has 0 fully saturated rings. The van der Waals surface area contributed by atoms with Crippen LogP contribution in [-0.4, -0.2) is 27.4 Å². The van der Waals surface area contributed by atoms with Gasteiger partial charge in [0.2, 0.25) is 0 Å². The Morgan fingerprint density at radius 1 is 1.19 bits per heavy atom. The Morgan fingerprint density at radius 2 is 1.97 bits per heavy atom. The summed E-state index contributed by atoms with van der Waals surface area (Å²) in [6.45, 7) is 9.23. The van der Waals surface area contributed by atoms with Crippen molar-refractivity contribution in [3.05, 3.63) is 71.0 Å². The van der Waals surface area contributed by atoms with Gasteiger partial charge in [-0.1, -0.05) is 35.2 Å². The maximum atomic E-state index is 13.1. The minimum atomic E-state index is -0.958. The first-order valence-electron chi connectivity index (χ1n) is 10.5. The first-order chi connectivity index (χ1) is 15.4. The zero-order valence-electron chi connectivity index (χ0n) is 18.4. The van der Waals surface area contributed by atoms with Crippen LogP contribution < -0.4 is 24.3 Å². The van der Waals surface area contributed by atoms with Gasteiger partial charge in [-0.15, -0.1) is 11.3 Å². The van der Waals surface area contributed by atoms with E-state index >= 15 is 0 Å². The summed E-state index contributed by atoms with van der Waals surface area (Å²) in [7, 11) is 0. The van der Waals surface area contributed by atoms with Crippen molar-refractivity contribution in [2.75, 3.05) is 6.54 Å². The largest absolute Gasteiger partial charge is 0.354 e. The minimum Gasteiger partial charge on any atom is -0.354 e. The number of nitrogens with zero attached hydrogens (tertiary/aromatic N) is 3. The lowest BCUT2D eigenvalue weighted by Gasteiger charge is -2.18. The van der Waals surface area contributed by atoms with Gasteiger partial charge in [-0.2, -0.15) is 0 Å². The standard InChI is InChI=1S/C23H26N3O3S3/c1-5-24-15(3)14-30-20(24)12-11-19-23(28)25(6-2)21(32-19)13-22-26(29-16(4)27)17-9-7-8-10-18(17)31-22/h7-14,16,27H,5-6H2,1-4H3/q+1/b19-11?,20-12-. The molecule has 0 spiro atoms. The zero-order valence-corrected chi connectivity index (χ0v) is 20.9. The summed E-state index contributed by atoms with van der Waals surface area (Å²) in [5.74, 6) is 0. The number of thioether (sulfide) groups is 1. The smallest absolute Gasteiger partial charge is 0.316 e. The summed E-state index contributed by atoms with van der Waals surface area (Å²) in [6.07, 6.45) is 4.94. The fraction of sp³-hybridized carbons (Fsp3) is 0.304. The molecule has 3 aromatic rings. The third-order valence-electron chi connectivity index (χ3n) is 4.99. The summed E-state index contributed by atoms with van der Waals surface area (Å²) in [6, 6.07) is 7.87. The third kappa shape index (κ3) is 4.43. The number of aliphatic hydroxyl groups excluding tert-OH is 1. The van der Waals surface area contributed by atoms with E-state index in [0.29, 0.717) is 11.1 Å². The zero-order chi connectivity index (χ0) is 22.8. The maximum absolute atomic E-state index is 13.1. The molecule has 4 rings (SSSR count). The molecule has 0 amide bonds. The summed E-state index contributed by atoms with van der Waals surface area (Å²) in [4.78, 5) is 20.9. The molecule has 168 valence electrons. The third-order valence-corrected chi connectivity index (χ3v) is 8.18. The lowest BCUT2D eigenvalue weighted by atomic mass is 10.3. The van der Waals surface area contributed by atoms with Crippen LogP contribution in [0.3, 0.4) is 0 Å². The Kier molecular flexibility index (Phi) is 6.90. The second-order valence-electron chi connectivity index (χ2n) is 7.20. The van der Waals surface area contributed by atoms with Crippen LogP contribution in [0.4, 0.5) is 0 Å². The van der Waals surface area contributed by atoms with Crippen molar-refractivity contribution < 1.29 is 14.7 Å². The van der Waals surface area contributed by atoms with Gasteiger partial charge in [0.15, 0.2) is 0 Å². The lowest BCUT2D eigenvalue weighted by Crippen LogP contribution is -2.48. The van der Waals surface area contributed by atoms with Gasteiger partial charge in [0.1, 0.15) is 9.36 Å². The second-order valence-corrected chi connectivity index (χ2v) is 10.2. The molecule has 1 aliphatic rings. The first-order valence-corrected chi connectivity index (χ1v) is 13.0. The number of hydrogen-bond acceptors (Lipinski definition) is 7. The van der Waals surface area contributed by atoms with E-state index in [2.05, 4.69) is 24.2 Å². The highest BCUT2D eigenvalue weighted by atomic mass is 32.2. The molecule has 9 heteroatoms. The van der Waals surface area contributed by atoms with Crippen LogP contribution in [0, 0.1) is 0 Å². The van der Waals surface area contributed by atoms with Crippen LogP contribution in [-0.2, 0) is 6.54 Å². The number of fused-ring (bicyclic) bond motifs is 1. The number of aliphatic hydroxyl groups is 1. The molecule has 0 saturated carbocycles. The highest BCUT2D eigenvalue weighted by molar-refractivity contribution is 8.06. The predicted octanol–water partition coefficient (Wildman–Crippen LogP) is 2.58. The molecule has 1 aromatic carbocycles. The quantitative estimate of drug-likeness (QED) is 0.427. The molecule has 1 aliphatic heterocycles. The van der Waals surface area contributed by atoms with E-state index < -0.39 is 6.29 Å². The second kappa shape index (κ2) is 9.66. The summed E-state index contributed by atoms with van der Waals surface area (Å²) >= 11 is 4.69. The number of benzene rings is 1. The van der Waals surface area contributed by atoms with Gasteiger partial charge in [-0.3, -0.25) is 9.36 Å². The molecule has 0 aliphatic carbocycles. The number of aromatic nitrogens is 2. The van der Waals surface area contributed by atoms with E-state index in [1.807, 2.05) is 49.4 Å². The van der Waals surface area contributed by atoms with Crippen molar-refractivity contribution in [3.63, 3.8) is 0 Å². The minimum absolute atomic E-state index is 0.000400. The summed E-state index contributed by atoms with van der Waals surface area (Å²) < 4.78 is 5.99. The van der Waals surface area contributed by atoms with Gasteiger partial charge >= 0.3 is 5.01 Å². The molecule has 0 saturated heterocycles. The monoisotopic (exact) mass is 488 g/mol. The lowest BCUT2D eigenvalue weighted by molar-refractivity contribution is -0.884. The maximum Gasteiger partial charge on any atom is 0.316 e. The van der Waals surface area contributed by atoms with Gasteiger partial charge in [0.05, 0.1) is 15.6 Å². The molecule has 2 aromatic heterocycles. The molecule has 3 heterocycles. The van der Waals surface area contributed by atoms with E-state index in [0.717, 1.165) is 31.5 Å². The predicted molar refractivity (Wildman–Crippen MR) is 134 cm³/mol. The number of allylic oxidation sites excluding steroid dienone is 2. The van der Waals surface area contributed by atoms with E-state index in [1.54, 1.807) is 39.3 Å².